The lowest BCUT2D eigenvalue weighted by molar-refractivity contribution is -0.159. The van der Waals surface area contributed by atoms with Crippen molar-refractivity contribution in [2.45, 2.75) is 91.1 Å². The molecule has 0 spiro atoms. The normalized spacial score (nSPS) is 27.1. The van der Waals surface area contributed by atoms with Crippen LogP contribution in [0.5, 0.6) is 0 Å². The summed E-state index contributed by atoms with van der Waals surface area (Å²) in [6.07, 6.45) is 3.14. The fourth-order valence-electron chi connectivity index (χ4n) is 3.78. The van der Waals surface area contributed by atoms with Gasteiger partial charge < -0.3 is 9.47 Å². The van der Waals surface area contributed by atoms with Crippen LogP contribution in [0.4, 0.5) is 0 Å². The highest BCUT2D eigenvalue weighted by atomic mass is 16.5. The molecule has 1 N–H and O–H groups in total. The zero-order chi connectivity index (χ0) is 19.9. The average Bonchev–Trinajstić information content (AvgIpc) is 2.74. The summed E-state index contributed by atoms with van der Waals surface area (Å²) in [5, 5.41) is 0. The predicted octanol–water partition coefficient (Wildman–Crippen LogP) is 3.19. The first kappa shape index (κ1) is 20.9. The number of rotatable bonds is 4. The van der Waals surface area contributed by atoms with E-state index in [2.05, 4.69) is 11.9 Å². The molecule has 0 amide bonds. The van der Waals surface area contributed by atoms with Gasteiger partial charge in [0.1, 0.15) is 0 Å². The van der Waals surface area contributed by atoms with Gasteiger partial charge in [-0.3, -0.25) is 14.3 Å². The highest BCUT2D eigenvalue weighted by Gasteiger charge is 2.48. The molecule has 1 saturated carbocycles. The van der Waals surface area contributed by atoms with E-state index in [-0.39, 0.29) is 34.4 Å². The Morgan fingerprint density at radius 1 is 1.19 bits per heavy atom. The molecule has 148 valence electrons. The summed E-state index contributed by atoms with van der Waals surface area (Å²) in [4.78, 5) is 26.4. The van der Waals surface area contributed by atoms with Crippen molar-refractivity contribution in [2.24, 2.45) is 5.92 Å². The van der Waals surface area contributed by atoms with Crippen molar-refractivity contribution in [3.05, 3.63) is 32.6 Å². The fourth-order valence-corrected chi connectivity index (χ4v) is 3.78. The molecule has 1 heterocycles. The summed E-state index contributed by atoms with van der Waals surface area (Å²) in [7, 11) is 0. The van der Waals surface area contributed by atoms with Crippen molar-refractivity contribution in [3.63, 3.8) is 0 Å². The molecule has 26 heavy (non-hydrogen) atoms. The minimum atomic E-state index is -0.405. The molecular weight excluding hydrogens is 332 g/mol. The number of nitrogens with zero attached hydrogens (tertiary/aromatic N) is 1. The number of hydrogen-bond donors (Lipinski definition) is 1. The minimum absolute atomic E-state index is 0.0287. The summed E-state index contributed by atoms with van der Waals surface area (Å²) in [5.41, 5.74) is -1.08. The Kier molecular flexibility index (Phi) is 5.60. The maximum atomic E-state index is 12.3. The highest BCUT2D eigenvalue weighted by molar-refractivity contribution is 5.05. The van der Waals surface area contributed by atoms with Crippen LogP contribution in [0.1, 0.15) is 72.9 Å². The van der Waals surface area contributed by atoms with E-state index in [9.17, 15) is 9.59 Å². The van der Waals surface area contributed by atoms with Crippen molar-refractivity contribution < 1.29 is 9.47 Å². The first-order chi connectivity index (χ1) is 11.7. The Bertz CT molecular complexity index is 751. The van der Waals surface area contributed by atoms with Gasteiger partial charge in [0.15, 0.2) is 0 Å². The number of aryl methyl sites for hydroxylation is 1. The molecule has 6 nitrogen and oxygen atoms in total. The quantitative estimate of drug-likeness (QED) is 0.888. The Hall–Kier alpha value is -1.40. The van der Waals surface area contributed by atoms with Gasteiger partial charge in [-0.25, -0.2) is 4.79 Å². The number of aromatic nitrogens is 2. The average molecular weight is 367 g/mol. The molecule has 1 aromatic heterocycles. The fraction of sp³-hybridized carbons (Fsp3) is 0.800. The number of H-pyrrole nitrogens is 1. The second kappa shape index (κ2) is 6.97. The molecule has 0 aromatic carbocycles. The van der Waals surface area contributed by atoms with Gasteiger partial charge in [-0.2, -0.15) is 0 Å². The van der Waals surface area contributed by atoms with E-state index in [1.165, 1.54) is 0 Å². The molecular formula is C20H34N2O4. The van der Waals surface area contributed by atoms with Crippen LogP contribution < -0.4 is 11.2 Å². The molecule has 0 bridgehead atoms. The third kappa shape index (κ3) is 5.07. The molecule has 1 aliphatic rings. The molecule has 1 aromatic rings. The van der Waals surface area contributed by atoms with Crippen LogP contribution in [-0.4, -0.2) is 33.0 Å². The van der Waals surface area contributed by atoms with Gasteiger partial charge in [-0.05, 0) is 68.2 Å². The molecule has 0 aliphatic heterocycles. The Balaban J connectivity index is 2.33. The van der Waals surface area contributed by atoms with Gasteiger partial charge >= 0.3 is 5.69 Å². The largest absolute Gasteiger partial charge is 0.375 e. The number of ether oxygens (including phenoxy) is 2. The summed E-state index contributed by atoms with van der Waals surface area (Å²) in [6, 6.07) is -0.0287. The summed E-state index contributed by atoms with van der Waals surface area (Å²) < 4.78 is 14.1. The monoisotopic (exact) mass is 366 g/mol. The maximum absolute atomic E-state index is 12.3. The van der Waals surface area contributed by atoms with Crippen molar-refractivity contribution >= 4 is 0 Å². The van der Waals surface area contributed by atoms with Gasteiger partial charge in [-0.15, -0.1) is 0 Å². The van der Waals surface area contributed by atoms with Crippen LogP contribution in [0.2, 0.25) is 0 Å². The number of nitrogens with one attached hydrogen (secondary N) is 1. The van der Waals surface area contributed by atoms with E-state index < -0.39 is 5.60 Å². The van der Waals surface area contributed by atoms with Crippen molar-refractivity contribution in [1.82, 2.24) is 9.55 Å². The van der Waals surface area contributed by atoms with Crippen LogP contribution >= 0.6 is 0 Å². The predicted molar refractivity (Wildman–Crippen MR) is 103 cm³/mol. The summed E-state index contributed by atoms with van der Waals surface area (Å²) in [5.74, 6) is 0.157. The van der Waals surface area contributed by atoms with Crippen LogP contribution in [0.3, 0.4) is 0 Å². The lowest BCUT2D eigenvalue weighted by atomic mass is 9.92. The summed E-state index contributed by atoms with van der Waals surface area (Å²) >= 11 is 0. The summed E-state index contributed by atoms with van der Waals surface area (Å²) in [6.45, 7) is 16.7. The molecule has 0 saturated heterocycles. The topological polar surface area (TPSA) is 73.3 Å². The SMILES string of the molecule is Cc1cn([C@@H]2C[C@H](COC(C)(C)C)[C@@](C)(OC(C)(C)C)C2)c(=O)[nH]c1=O. The Morgan fingerprint density at radius 2 is 1.81 bits per heavy atom. The van der Waals surface area contributed by atoms with Crippen molar-refractivity contribution in [2.75, 3.05) is 6.61 Å². The van der Waals surface area contributed by atoms with Gasteiger partial charge in [-0.1, -0.05) is 0 Å². The molecule has 3 atom stereocenters. The van der Waals surface area contributed by atoms with Crippen LogP contribution in [-0.2, 0) is 9.47 Å². The standard InChI is InChI=1S/C20H34N2O4/c1-13-11-22(17(24)21-16(13)23)15-9-14(12-25-18(2,3)4)20(8,10-15)26-19(5,6)7/h11,14-15H,9-10,12H2,1-8H3,(H,21,23,24)/t14-,15-,20+/m1/s1. The third-order valence-corrected chi connectivity index (χ3v) is 4.86. The van der Waals surface area contributed by atoms with Gasteiger partial charge in [0, 0.05) is 23.7 Å². The van der Waals surface area contributed by atoms with E-state index in [0.717, 1.165) is 6.42 Å². The van der Waals surface area contributed by atoms with E-state index in [0.29, 0.717) is 18.6 Å². The molecule has 6 heteroatoms. The Morgan fingerprint density at radius 3 is 2.35 bits per heavy atom. The molecule has 0 radical (unpaired) electrons. The highest BCUT2D eigenvalue weighted by Crippen LogP contribution is 2.46. The molecule has 1 fully saturated rings. The molecule has 2 rings (SSSR count). The van der Waals surface area contributed by atoms with Gasteiger partial charge in [0.25, 0.3) is 5.56 Å². The smallest absolute Gasteiger partial charge is 0.328 e. The third-order valence-electron chi connectivity index (χ3n) is 4.86. The van der Waals surface area contributed by atoms with E-state index >= 15 is 0 Å². The lowest BCUT2D eigenvalue weighted by Crippen LogP contribution is -2.43. The number of aromatic amines is 1. The first-order valence-electron chi connectivity index (χ1n) is 9.36. The van der Waals surface area contributed by atoms with Crippen LogP contribution in [0.15, 0.2) is 15.8 Å². The second-order valence-corrected chi connectivity index (χ2v) is 9.72. The molecule has 1 aliphatic carbocycles. The van der Waals surface area contributed by atoms with Crippen molar-refractivity contribution in [3.8, 4) is 0 Å². The second-order valence-electron chi connectivity index (χ2n) is 9.72. The van der Waals surface area contributed by atoms with Crippen LogP contribution in [0, 0.1) is 12.8 Å². The maximum Gasteiger partial charge on any atom is 0.328 e. The van der Waals surface area contributed by atoms with Gasteiger partial charge in [0.2, 0.25) is 0 Å². The van der Waals surface area contributed by atoms with Crippen molar-refractivity contribution in [1.29, 1.82) is 0 Å². The zero-order valence-corrected chi connectivity index (χ0v) is 17.4. The van der Waals surface area contributed by atoms with Crippen LogP contribution in [0.25, 0.3) is 0 Å². The Labute approximate surface area is 155 Å². The lowest BCUT2D eigenvalue weighted by Gasteiger charge is -2.39. The zero-order valence-electron chi connectivity index (χ0n) is 17.4. The van der Waals surface area contributed by atoms with Gasteiger partial charge in [0.05, 0.1) is 23.4 Å². The first-order valence-corrected chi connectivity index (χ1v) is 9.36. The number of hydrogen-bond acceptors (Lipinski definition) is 4. The minimum Gasteiger partial charge on any atom is -0.375 e. The van der Waals surface area contributed by atoms with E-state index in [1.54, 1.807) is 17.7 Å². The van der Waals surface area contributed by atoms with E-state index in [1.807, 2.05) is 41.5 Å². The van der Waals surface area contributed by atoms with E-state index in [4.69, 9.17) is 9.47 Å². The molecule has 0 unspecified atom stereocenters.